The fourth-order valence-corrected chi connectivity index (χ4v) is 3.84. The molecule has 0 rings (SSSR count). The van der Waals surface area contributed by atoms with Crippen LogP contribution in [0, 0.1) is 0 Å². The predicted octanol–water partition coefficient (Wildman–Crippen LogP) is 8.19. The average molecular weight is 543 g/mol. The van der Waals surface area contributed by atoms with Crippen LogP contribution >= 0.6 is 0 Å². The Morgan fingerprint density at radius 2 is 0.842 bits per heavy atom. The number of rotatable bonds is 27. The van der Waals surface area contributed by atoms with Gasteiger partial charge in [0.15, 0.2) is 0 Å². The summed E-state index contributed by atoms with van der Waals surface area (Å²) in [6.45, 7) is 8.66. The van der Waals surface area contributed by atoms with E-state index in [1.165, 1.54) is 89.9 Å². The van der Waals surface area contributed by atoms with E-state index in [0.717, 1.165) is 31.8 Å². The summed E-state index contributed by atoms with van der Waals surface area (Å²) in [4.78, 5) is 32.7. The van der Waals surface area contributed by atoms with Gasteiger partial charge < -0.3 is 19.3 Å². The van der Waals surface area contributed by atoms with Crippen molar-refractivity contribution in [2.75, 3.05) is 26.4 Å². The summed E-state index contributed by atoms with van der Waals surface area (Å²) in [5, 5.41) is 7.60. The number of carbonyl (C=O) groups excluding carboxylic acids is 2. The van der Waals surface area contributed by atoms with Crippen LogP contribution in [0.2, 0.25) is 0 Å². The molecule has 0 aliphatic rings. The summed E-state index contributed by atoms with van der Waals surface area (Å²) in [6.07, 6.45) is 24.1. The summed E-state index contributed by atoms with van der Waals surface area (Å²) >= 11 is 0. The molecule has 0 heterocycles. The van der Waals surface area contributed by atoms with E-state index < -0.39 is 5.97 Å². The molecule has 0 aromatic carbocycles. The number of hydrogen-bond acceptors (Lipinski definition) is 6. The third-order valence-electron chi connectivity index (χ3n) is 6.12. The lowest BCUT2D eigenvalue weighted by Gasteiger charge is -2.07. The lowest BCUT2D eigenvalue weighted by Crippen LogP contribution is -2.14. The quantitative estimate of drug-likeness (QED) is 0.0634. The molecule has 7 nitrogen and oxygen atoms in total. The zero-order valence-corrected chi connectivity index (χ0v) is 24.7. The first-order valence-electron chi connectivity index (χ1n) is 15.2. The summed E-state index contributed by atoms with van der Waals surface area (Å²) < 4.78 is 15.7. The highest BCUT2D eigenvalue weighted by molar-refractivity contribution is 5.78. The minimum absolute atomic E-state index is 0.145. The molecule has 0 aromatic heterocycles. The molecule has 0 aliphatic heterocycles. The molecule has 224 valence electrons. The molecule has 0 bridgehead atoms. The maximum Gasteiger partial charge on any atom is 0.327 e. The van der Waals surface area contributed by atoms with Crippen molar-refractivity contribution in [3.05, 3.63) is 12.7 Å². The minimum atomic E-state index is -0.981. The topological polar surface area (TPSA) is 99.1 Å². The van der Waals surface area contributed by atoms with Crippen molar-refractivity contribution in [1.82, 2.24) is 0 Å². The molecular weight excluding hydrogens is 484 g/mol. The van der Waals surface area contributed by atoms with E-state index in [-0.39, 0.29) is 25.2 Å². The Labute approximate surface area is 233 Å². The Hall–Kier alpha value is -1.89. The van der Waals surface area contributed by atoms with Crippen LogP contribution in [0.25, 0.3) is 0 Å². The Morgan fingerprint density at radius 3 is 1.13 bits per heavy atom. The fraction of sp³-hybridized carbons (Fsp3) is 0.839. The van der Waals surface area contributed by atoms with E-state index in [4.69, 9.17) is 19.3 Å². The normalized spacial score (nSPS) is 10.4. The average Bonchev–Trinajstić information content (AvgIpc) is 2.91. The number of unbranched alkanes of at least 4 members (excludes halogenated alkanes) is 16. The Kier molecular flexibility index (Phi) is 33.4. The molecule has 0 saturated carbocycles. The van der Waals surface area contributed by atoms with E-state index in [1.807, 2.05) is 0 Å². The van der Waals surface area contributed by atoms with Crippen molar-refractivity contribution in [2.24, 2.45) is 0 Å². The molecule has 0 amide bonds. The van der Waals surface area contributed by atoms with Gasteiger partial charge in [-0.25, -0.2) is 4.79 Å². The van der Waals surface area contributed by atoms with Gasteiger partial charge in [0.25, 0.3) is 0 Å². The predicted molar refractivity (Wildman–Crippen MR) is 154 cm³/mol. The molecule has 7 heteroatoms. The Balaban J connectivity index is 0. The minimum Gasteiger partial charge on any atom is -0.478 e. The van der Waals surface area contributed by atoms with Crippen molar-refractivity contribution >= 4 is 17.9 Å². The maximum absolute atomic E-state index is 11.7. The summed E-state index contributed by atoms with van der Waals surface area (Å²) in [5.74, 6) is -1.27. The second kappa shape index (κ2) is 33.1. The van der Waals surface area contributed by atoms with Crippen molar-refractivity contribution < 1.29 is 33.7 Å². The number of aliphatic carboxylic acids is 1. The van der Waals surface area contributed by atoms with Crippen LogP contribution in [0.3, 0.4) is 0 Å². The zero-order chi connectivity index (χ0) is 28.5. The van der Waals surface area contributed by atoms with Crippen molar-refractivity contribution in [3.8, 4) is 0 Å². The van der Waals surface area contributed by atoms with Gasteiger partial charge in [-0.05, 0) is 12.8 Å². The van der Waals surface area contributed by atoms with Gasteiger partial charge in [-0.2, -0.15) is 0 Å². The molecule has 0 atom stereocenters. The molecule has 38 heavy (non-hydrogen) atoms. The lowest BCUT2D eigenvalue weighted by molar-refractivity contribution is -0.146. The highest BCUT2D eigenvalue weighted by Gasteiger charge is 2.04. The summed E-state index contributed by atoms with van der Waals surface area (Å²) in [5.41, 5.74) is 0. The third-order valence-corrected chi connectivity index (χ3v) is 6.12. The first-order valence-corrected chi connectivity index (χ1v) is 15.2. The highest BCUT2D eigenvalue weighted by atomic mass is 16.6. The molecule has 1 N–H and O–H groups in total. The first kappa shape index (κ1) is 38.3. The molecule has 0 saturated heterocycles. The molecule has 0 radical (unpaired) electrons. The molecule has 0 aliphatic carbocycles. The van der Waals surface area contributed by atoms with Crippen LogP contribution in [0.4, 0.5) is 0 Å². The second-order valence-corrected chi connectivity index (χ2v) is 9.75. The zero-order valence-electron chi connectivity index (χ0n) is 24.7. The van der Waals surface area contributed by atoms with Crippen LogP contribution in [-0.4, -0.2) is 49.4 Å². The number of ether oxygens (including phenoxy) is 3. The van der Waals surface area contributed by atoms with E-state index in [2.05, 4.69) is 20.4 Å². The van der Waals surface area contributed by atoms with Crippen LogP contribution < -0.4 is 0 Å². The molecular formula is C31H58O7. The van der Waals surface area contributed by atoms with Gasteiger partial charge in [0.05, 0.1) is 13.2 Å². The van der Waals surface area contributed by atoms with Gasteiger partial charge in [-0.3, -0.25) is 9.59 Å². The van der Waals surface area contributed by atoms with Gasteiger partial charge in [0, 0.05) is 18.9 Å². The highest BCUT2D eigenvalue weighted by Crippen LogP contribution is 2.12. The number of carboxylic acids is 1. The molecule has 0 fully saturated rings. The van der Waals surface area contributed by atoms with Gasteiger partial charge >= 0.3 is 17.9 Å². The number of esters is 2. The fourth-order valence-electron chi connectivity index (χ4n) is 3.84. The largest absolute Gasteiger partial charge is 0.478 e. The summed E-state index contributed by atoms with van der Waals surface area (Å²) in [7, 11) is 0. The number of carboxylic acid groups (broad SMARTS) is 1. The van der Waals surface area contributed by atoms with Gasteiger partial charge in [0.1, 0.15) is 13.2 Å². The number of hydrogen-bond donors (Lipinski definition) is 1. The van der Waals surface area contributed by atoms with Gasteiger partial charge in [0.2, 0.25) is 0 Å². The van der Waals surface area contributed by atoms with E-state index in [9.17, 15) is 14.4 Å². The van der Waals surface area contributed by atoms with Crippen molar-refractivity contribution in [3.63, 3.8) is 0 Å². The van der Waals surface area contributed by atoms with E-state index >= 15 is 0 Å². The first-order chi connectivity index (χ1) is 18.5. The Bertz CT molecular complexity index is 510. The lowest BCUT2D eigenvalue weighted by atomic mass is 10.1. The Morgan fingerprint density at radius 1 is 0.553 bits per heavy atom. The second-order valence-electron chi connectivity index (χ2n) is 9.75. The smallest absolute Gasteiger partial charge is 0.327 e. The molecule has 0 spiro atoms. The maximum atomic E-state index is 11.7. The monoisotopic (exact) mass is 542 g/mol. The van der Waals surface area contributed by atoms with Crippen LogP contribution in [0.5, 0.6) is 0 Å². The SMILES string of the molecule is C=CC(=O)O.CCCCCCCCCCCC(=O)OCCOCCOC(=O)CCCCCCCCCCC. The van der Waals surface area contributed by atoms with E-state index in [1.54, 1.807) is 0 Å². The van der Waals surface area contributed by atoms with Crippen molar-refractivity contribution in [2.45, 2.75) is 142 Å². The number of carbonyl (C=O) groups is 3. The molecule has 0 aromatic rings. The van der Waals surface area contributed by atoms with Crippen LogP contribution in [-0.2, 0) is 28.6 Å². The van der Waals surface area contributed by atoms with Gasteiger partial charge in [-0.15, -0.1) is 0 Å². The van der Waals surface area contributed by atoms with Gasteiger partial charge in [-0.1, -0.05) is 123 Å². The third kappa shape index (κ3) is 36.3. The standard InChI is InChI=1S/C28H54O5.C3H4O2/c1-3-5-7-9-11-13-15-17-19-21-27(29)32-25-23-31-24-26-33-28(30)22-20-18-16-14-12-10-8-6-4-2;1-2-3(4)5/h3-26H2,1-2H3;2H,1H2,(H,4,5). The van der Waals surface area contributed by atoms with Crippen LogP contribution in [0.1, 0.15) is 142 Å². The van der Waals surface area contributed by atoms with E-state index in [0.29, 0.717) is 26.1 Å². The van der Waals surface area contributed by atoms with Crippen LogP contribution in [0.15, 0.2) is 12.7 Å². The van der Waals surface area contributed by atoms with Crippen molar-refractivity contribution in [1.29, 1.82) is 0 Å². The summed E-state index contributed by atoms with van der Waals surface area (Å²) in [6, 6.07) is 0. The molecule has 0 unspecified atom stereocenters.